The van der Waals surface area contributed by atoms with Crippen LogP contribution in [0.25, 0.3) is 0 Å². The van der Waals surface area contributed by atoms with E-state index in [0.717, 1.165) is 0 Å². The van der Waals surface area contributed by atoms with Gasteiger partial charge in [-0.25, -0.2) is 0 Å². The zero-order valence-electron chi connectivity index (χ0n) is 15.8. The normalized spacial score (nSPS) is 20.1. The lowest BCUT2D eigenvalue weighted by atomic mass is 9.60. The number of hydrogen-bond acceptors (Lipinski definition) is 20. The zero-order chi connectivity index (χ0) is 29.0. The van der Waals surface area contributed by atoms with E-state index in [1.54, 1.807) is 0 Å². The lowest BCUT2D eigenvalue weighted by molar-refractivity contribution is -1.09. The van der Waals surface area contributed by atoms with Crippen LogP contribution < -0.4 is 0 Å². The quantitative estimate of drug-likeness (QED) is 0.150. The molecule has 0 aromatic carbocycles. The summed E-state index contributed by atoms with van der Waals surface area (Å²) in [7, 11) is 0. The molecule has 1 rings (SSSR count). The molecule has 0 aromatic rings. The molecule has 0 aromatic heterocycles. The third kappa shape index (κ3) is 2.21. The van der Waals surface area contributed by atoms with Gasteiger partial charge < -0.3 is 0 Å². The van der Waals surface area contributed by atoms with Gasteiger partial charge in [-0.1, -0.05) is 0 Å². The molecule has 0 amide bonds. The van der Waals surface area contributed by atoms with Gasteiger partial charge in [0.2, 0.25) is 0 Å². The minimum Gasteiger partial charge on any atom is -0.258 e. The topological polar surface area (TPSA) is 431 Å². The molecular formula is C6H2N10O20. The van der Waals surface area contributed by atoms with Gasteiger partial charge in [0.05, 0.1) is 0 Å². The summed E-state index contributed by atoms with van der Waals surface area (Å²) >= 11 is 0. The van der Waals surface area contributed by atoms with Crippen LogP contribution in [-0.4, -0.2) is 77.5 Å². The van der Waals surface area contributed by atoms with Crippen molar-refractivity contribution in [2.75, 3.05) is 0 Å². The van der Waals surface area contributed by atoms with Gasteiger partial charge in [0.25, 0.3) is 6.42 Å². The Morgan fingerprint density at radius 2 is 0.472 bits per heavy atom. The van der Waals surface area contributed by atoms with E-state index in [1.807, 2.05) is 0 Å². The van der Waals surface area contributed by atoms with E-state index in [2.05, 4.69) is 0 Å². The molecule has 30 heteroatoms. The van der Waals surface area contributed by atoms with Crippen molar-refractivity contribution in [3.8, 4) is 0 Å². The minimum atomic E-state index is -6.93. The van der Waals surface area contributed by atoms with Crippen LogP contribution in [0.3, 0.4) is 0 Å². The zero-order valence-corrected chi connectivity index (χ0v) is 15.8. The van der Waals surface area contributed by atoms with Gasteiger partial charge in [-0.15, -0.1) is 0 Å². The third-order valence-corrected chi connectivity index (χ3v) is 5.38. The Balaban J connectivity index is 5.30. The number of rotatable bonds is 10. The lowest BCUT2D eigenvalue weighted by Crippen LogP contribution is -3.00. The van der Waals surface area contributed by atoms with E-state index in [4.69, 9.17) is 0 Å². The molecule has 0 radical (unpaired) electrons. The van der Waals surface area contributed by atoms with E-state index in [-0.39, 0.29) is 0 Å². The Kier molecular flexibility index (Phi) is 5.85. The lowest BCUT2D eigenvalue weighted by Gasteiger charge is -2.34. The molecule has 0 heterocycles. The van der Waals surface area contributed by atoms with Crippen LogP contribution in [0.15, 0.2) is 0 Å². The summed E-state index contributed by atoms with van der Waals surface area (Å²) in [6, 6.07) is 0. The predicted octanol–water partition coefficient (Wildman–Crippen LogP) is -3.36. The fraction of sp³-hybridized carbons (Fsp3) is 1.00. The van der Waals surface area contributed by atoms with Gasteiger partial charge in [-0.3, -0.25) is 101 Å². The number of nitro groups is 10. The molecular weight excluding hydrogens is 532 g/mol. The maximum absolute atomic E-state index is 11.9. The second-order valence-electron chi connectivity index (χ2n) is 6.40. The summed E-state index contributed by atoms with van der Waals surface area (Å²) in [5, 5.41) is 118. The van der Waals surface area contributed by atoms with Gasteiger partial charge in [-0.05, 0) is 0 Å². The molecule has 1 aliphatic rings. The minimum absolute atomic E-state index is 2.99. The molecule has 0 N–H and O–H groups in total. The molecule has 30 nitrogen and oxygen atoms in total. The SMILES string of the molecule is O=[N+]([O-])C1([N+](=O)[O-])CC([N+](=O)[O-])([N+](=O)[O-])C([N+](=O)[O-])([N+](=O)[O-])C([N+](=O)[O-])([N+](=O)[O-])C1([N+](=O)[O-])[N+](=O)[O-]. The smallest absolute Gasteiger partial charge is 0.258 e. The maximum Gasteiger partial charge on any atom is 0.766 e. The van der Waals surface area contributed by atoms with Crippen molar-refractivity contribution in [2.24, 2.45) is 0 Å². The predicted molar refractivity (Wildman–Crippen MR) is 88.2 cm³/mol. The Labute approximate surface area is 186 Å². The molecule has 0 saturated heterocycles. The molecule has 1 aliphatic carbocycles. The van der Waals surface area contributed by atoms with Crippen LogP contribution in [0.4, 0.5) is 0 Å². The molecule has 1 saturated carbocycles. The molecule has 0 atom stereocenters. The molecule has 1 fully saturated rings. The highest BCUT2D eigenvalue weighted by atomic mass is 16.8. The standard InChI is InChI=1S/C6H2N10O20/c17-7(18)2(8(19)20)1-3(9(21)22,10(23)24)5(13(29)30,14(31)32)6(15(33)34,16(35)36)4(2,11(25)26)12(27)28/h1H2. The fourth-order valence-electron chi connectivity index (χ4n) is 4.10. The Hall–Kier alpha value is -6.00. The van der Waals surface area contributed by atoms with Crippen molar-refractivity contribution >= 4 is 0 Å². The largest absolute Gasteiger partial charge is 0.766 e. The van der Waals surface area contributed by atoms with Gasteiger partial charge >= 0.3 is 28.3 Å². The summed E-state index contributed by atoms with van der Waals surface area (Å²) in [4.78, 5) is 86.1. The van der Waals surface area contributed by atoms with Crippen molar-refractivity contribution < 1.29 is 49.2 Å². The molecule has 36 heavy (non-hydrogen) atoms. The molecule has 0 unspecified atom stereocenters. The first-order chi connectivity index (χ1) is 16.1. The highest BCUT2D eigenvalue weighted by Gasteiger charge is 3.33. The summed E-state index contributed by atoms with van der Waals surface area (Å²) in [5.74, 6) is 0. The fourth-order valence-corrected chi connectivity index (χ4v) is 4.10. The summed E-state index contributed by atoms with van der Waals surface area (Å²) in [5.41, 5.74) is -32.3. The number of hydrogen-bond donors (Lipinski definition) is 0. The van der Waals surface area contributed by atoms with Gasteiger partial charge in [0.1, 0.15) is 49.2 Å². The van der Waals surface area contributed by atoms with Crippen molar-refractivity contribution in [2.45, 2.75) is 34.7 Å². The van der Waals surface area contributed by atoms with Gasteiger partial charge in [0, 0.05) is 0 Å². The van der Waals surface area contributed by atoms with Crippen LogP contribution in [0.1, 0.15) is 6.42 Å². The van der Waals surface area contributed by atoms with E-state index < -0.39 is 84.0 Å². The molecule has 196 valence electrons. The second-order valence-corrected chi connectivity index (χ2v) is 6.40. The van der Waals surface area contributed by atoms with Crippen LogP contribution in [0.2, 0.25) is 0 Å². The van der Waals surface area contributed by atoms with E-state index in [9.17, 15) is 101 Å². The van der Waals surface area contributed by atoms with Gasteiger partial charge in [-0.2, -0.15) is 0 Å². The molecule has 0 spiro atoms. The van der Waals surface area contributed by atoms with Crippen LogP contribution in [0.5, 0.6) is 0 Å². The molecule has 0 bridgehead atoms. The van der Waals surface area contributed by atoms with E-state index >= 15 is 0 Å². The summed E-state index contributed by atoms with van der Waals surface area (Å²) in [6.07, 6.45) is -3.81. The first kappa shape index (κ1) is 28.0. The Morgan fingerprint density at radius 3 is 0.583 bits per heavy atom. The van der Waals surface area contributed by atoms with Crippen molar-refractivity contribution in [3.63, 3.8) is 0 Å². The van der Waals surface area contributed by atoms with Crippen LogP contribution in [-0.2, 0) is 0 Å². The van der Waals surface area contributed by atoms with Crippen LogP contribution >= 0.6 is 0 Å². The van der Waals surface area contributed by atoms with E-state index in [0.29, 0.717) is 0 Å². The van der Waals surface area contributed by atoms with Crippen molar-refractivity contribution in [1.82, 2.24) is 0 Å². The van der Waals surface area contributed by atoms with Crippen LogP contribution in [0, 0.1) is 101 Å². The van der Waals surface area contributed by atoms with Crippen molar-refractivity contribution in [1.29, 1.82) is 0 Å². The molecule has 0 aliphatic heterocycles. The number of nitrogens with zero attached hydrogens (tertiary/aromatic N) is 10. The highest BCUT2D eigenvalue weighted by molar-refractivity contribution is 5.15. The van der Waals surface area contributed by atoms with E-state index in [1.165, 1.54) is 0 Å². The highest BCUT2D eigenvalue weighted by Crippen LogP contribution is 2.60. The third-order valence-electron chi connectivity index (χ3n) is 5.38. The Bertz CT molecular complexity index is 1040. The average molecular weight is 534 g/mol. The summed E-state index contributed by atoms with van der Waals surface area (Å²) < 4.78 is 0. The van der Waals surface area contributed by atoms with Crippen molar-refractivity contribution in [3.05, 3.63) is 101 Å². The average Bonchev–Trinajstić information content (AvgIpc) is 2.68. The van der Waals surface area contributed by atoms with Gasteiger partial charge in [0.15, 0.2) is 0 Å². The first-order valence-electron chi connectivity index (χ1n) is 7.59. The maximum atomic E-state index is 11.9. The first-order valence-corrected chi connectivity index (χ1v) is 7.59. The summed E-state index contributed by atoms with van der Waals surface area (Å²) in [6.45, 7) is 0. The monoisotopic (exact) mass is 534 g/mol. The second kappa shape index (κ2) is 7.52. The Morgan fingerprint density at radius 1 is 0.306 bits per heavy atom.